The van der Waals surface area contributed by atoms with Crippen LogP contribution in [-0.2, 0) is 15.9 Å². The van der Waals surface area contributed by atoms with Gasteiger partial charge in [0.1, 0.15) is 0 Å². The number of rotatable bonds is 3. The third kappa shape index (κ3) is 1.43. The Kier molecular flexibility index (Phi) is 2.50. The number of halogens is 1. The molecule has 78 valence electrons. The zero-order valence-corrected chi connectivity index (χ0v) is 8.98. The first-order valence-corrected chi connectivity index (χ1v) is 6.22. The lowest BCUT2D eigenvalue weighted by atomic mass is 10.3. The Labute approximate surface area is 87.1 Å². The van der Waals surface area contributed by atoms with E-state index in [1.807, 2.05) is 0 Å². The molecule has 0 amide bonds. The third-order valence-corrected chi connectivity index (χ3v) is 4.44. The third-order valence-electron chi connectivity index (χ3n) is 2.24. The fraction of sp³-hybridized carbons (Fsp3) is 0.571. The van der Waals surface area contributed by atoms with Crippen LogP contribution in [0.4, 0.5) is 0 Å². The van der Waals surface area contributed by atoms with Crippen LogP contribution in [0.1, 0.15) is 12.0 Å². The number of aromatic amines is 1. The van der Waals surface area contributed by atoms with Gasteiger partial charge < -0.3 is 0 Å². The summed E-state index contributed by atoms with van der Waals surface area (Å²) < 4.78 is 25.1. The first kappa shape index (κ1) is 9.95. The standard InChI is InChI=1S/C7H10ClN3O2S/c8-4-6-5-9-10-7(6)14(12,13)11-2-1-3-11/h5H,1-4H2,(H,9,10). The predicted molar refractivity (Wildman–Crippen MR) is 51.5 cm³/mol. The molecule has 0 aromatic carbocycles. The average molecular weight is 236 g/mol. The summed E-state index contributed by atoms with van der Waals surface area (Å²) in [5, 5.41) is 6.30. The van der Waals surface area contributed by atoms with Crippen molar-refractivity contribution in [3.8, 4) is 0 Å². The van der Waals surface area contributed by atoms with E-state index in [0.29, 0.717) is 18.7 Å². The van der Waals surface area contributed by atoms with Gasteiger partial charge in [-0.2, -0.15) is 9.40 Å². The number of H-pyrrole nitrogens is 1. The molecule has 0 unspecified atom stereocenters. The van der Waals surface area contributed by atoms with E-state index in [4.69, 9.17) is 11.6 Å². The Morgan fingerprint density at radius 1 is 1.57 bits per heavy atom. The molecule has 0 aliphatic carbocycles. The van der Waals surface area contributed by atoms with E-state index in [-0.39, 0.29) is 10.9 Å². The van der Waals surface area contributed by atoms with Crippen LogP contribution in [0.5, 0.6) is 0 Å². The summed E-state index contributed by atoms with van der Waals surface area (Å²) in [4.78, 5) is 0. The van der Waals surface area contributed by atoms with Crippen molar-refractivity contribution in [2.24, 2.45) is 0 Å². The van der Waals surface area contributed by atoms with Gasteiger partial charge in [-0.1, -0.05) is 0 Å². The fourth-order valence-corrected chi connectivity index (χ4v) is 3.18. The second kappa shape index (κ2) is 3.52. The molecular weight excluding hydrogens is 226 g/mol. The highest BCUT2D eigenvalue weighted by atomic mass is 35.5. The van der Waals surface area contributed by atoms with E-state index in [2.05, 4.69) is 10.2 Å². The molecule has 2 heterocycles. The lowest BCUT2D eigenvalue weighted by molar-refractivity contribution is 0.308. The van der Waals surface area contributed by atoms with Crippen molar-refractivity contribution in [3.05, 3.63) is 11.8 Å². The van der Waals surface area contributed by atoms with Crippen molar-refractivity contribution in [1.82, 2.24) is 14.5 Å². The maximum Gasteiger partial charge on any atom is 0.260 e. The summed E-state index contributed by atoms with van der Waals surface area (Å²) in [6.07, 6.45) is 2.36. The van der Waals surface area contributed by atoms with Gasteiger partial charge in [-0.15, -0.1) is 11.6 Å². The van der Waals surface area contributed by atoms with Crippen molar-refractivity contribution in [3.63, 3.8) is 0 Å². The molecule has 0 saturated carbocycles. The molecule has 5 nitrogen and oxygen atoms in total. The van der Waals surface area contributed by atoms with Gasteiger partial charge in [0.2, 0.25) is 0 Å². The number of aromatic nitrogens is 2. The molecule has 14 heavy (non-hydrogen) atoms. The molecule has 0 spiro atoms. The van der Waals surface area contributed by atoms with Gasteiger partial charge in [0.15, 0.2) is 5.03 Å². The Morgan fingerprint density at radius 3 is 2.79 bits per heavy atom. The number of nitrogens with zero attached hydrogens (tertiary/aromatic N) is 2. The highest BCUT2D eigenvalue weighted by Crippen LogP contribution is 2.22. The van der Waals surface area contributed by atoms with E-state index in [0.717, 1.165) is 6.42 Å². The molecule has 0 atom stereocenters. The molecule has 1 aromatic rings. The largest absolute Gasteiger partial charge is 0.266 e. The molecule has 1 fully saturated rings. The molecule has 1 saturated heterocycles. The summed E-state index contributed by atoms with van der Waals surface area (Å²) in [6.45, 7) is 1.17. The number of nitrogens with one attached hydrogen (secondary N) is 1. The van der Waals surface area contributed by atoms with Crippen LogP contribution in [0.25, 0.3) is 0 Å². The van der Waals surface area contributed by atoms with Gasteiger partial charge in [-0.05, 0) is 6.42 Å². The van der Waals surface area contributed by atoms with Gasteiger partial charge in [0.05, 0.1) is 12.1 Å². The van der Waals surface area contributed by atoms with Gasteiger partial charge in [0.25, 0.3) is 10.0 Å². The van der Waals surface area contributed by atoms with Crippen LogP contribution in [0.15, 0.2) is 11.2 Å². The second-order valence-electron chi connectivity index (χ2n) is 3.12. The highest BCUT2D eigenvalue weighted by molar-refractivity contribution is 7.89. The van der Waals surface area contributed by atoms with E-state index < -0.39 is 10.0 Å². The summed E-state index contributed by atoms with van der Waals surface area (Å²) >= 11 is 5.60. The fourth-order valence-electron chi connectivity index (χ4n) is 1.27. The monoisotopic (exact) mass is 235 g/mol. The molecule has 1 aromatic heterocycles. The predicted octanol–water partition coefficient (Wildman–Crippen LogP) is 0.543. The lowest BCUT2D eigenvalue weighted by Gasteiger charge is -2.29. The second-order valence-corrected chi connectivity index (χ2v) is 5.26. The van der Waals surface area contributed by atoms with Crippen LogP contribution < -0.4 is 0 Å². The highest BCUT2D eigenvalue weighted by Gasteiger charge is 2.32. The molecule has 0 bridgehead atoms. The minimum absolute atomic E-state index is 0.132. The van der Waals surface area contributed by atoms with Crippen molar-refractivity contribution >= 4 is 21.6 Å². The first-order chi connectivity index (χ1) is 6.66. The first-order valence-electron chi connectivity index (χ1n) is 4.24. The number of alkyl halides is 1. The van der Waals surface area contributed by atoms with Crippen LogP contribution in [-0.4, -0.2) is 36.0 Å². The van der Waals surface area contributed by atoms with Crippen LogP contribution in [0.3, 0.4) is 0 Å². The maximum absolute atomic E-state index is 11.9. The van der Waals surface area contributed by atoms with Gasteiger partial charge in [-0.3, -0.25) is 5.10 Å². The van der Waals surface area contributed by atoms with Crippen molar-refractivity contribution in [2.45, 2.75) is 17.3 Å². The Balaban J connectivity index is 2.38. The average Bonchev–Trinajstić information content (AvgIpc) is 2.46. The minimum atomic E-state index is -3.37. The summed E-state index contributed by atoms with van der Waals surface area (Å²) in [5.41, 5.74) is 0.526. The maximum atomic E-state index is 11.9. The minimum Gasteiger partial charge on any atom is -0.266 e. The van der Waals surface area contributed by atoms with Gasteiger partial charge >= 0.3 is 0 Å². The van der Waals surface area contributed by atoms with Crippen molar-refractivity contribution in [2.75, 3.05) is 13.1 Å². The molecule has 1 N–H and O–H groups in total. The van der Waals surface area contributed by atoms with E-state index >= 15 is 0 Å². The lowest BCUT2D eigenvalue weighted by Crippen LogP contribution is -2.42. The van der Waals surface area contributed by atoms with Crippen LogP contribution in [0, 0.1) is 0 Å². The molecule has 1 aliphatic rings. The summed E-state index contributed by atoms with van der Waals surface area (Å²) in [6, 6.07) is 0. The number of sulfonamides is 1. The summed E-state index contributed by atoms with van der Waals surface area (Å²) in [5.74, 6) is 0.152. The van der Waals surface area contributed by atoms with E-state index in [9.17, 15) is 8.42 Å². The smallest absolute Gasteiger partial charge is 0.260 e. The zero-order valence-electron chi connectivity index (χ0n) is 7.40. The summed E-state index contributed by atoms with van der Waals surface area (Å²) in [7, 11) is -3.37. The zero-order chi connectivity index (χ0) is 10.2. The molecular formula is C7H10ClN3O2S. The number of hydrogen-bond donors (Lipinski definition) is 1. The van der Waals surface area contributed by atoms with E-state index in [1.54, 1.807) is 0 Å². The Hall–Kier alpha value is -0.590. The van der Waals surface area contributed by atoms with Crippen molar-refractivity contribution in [1.29, 1.82) is 0 Å². The topological polar surface area (TPSA) is 66.1 Å². The molecule has 1 aliphatic heterocycles. The van der Waals surface area contributed by atoms with Crippen molar-refractivity contribution < 1.29 is 8.42 Å². The molecule has 0 radical (unpaired) electrons. The normalized spacial score (nSPS) is 18.1. The van der Waals surface area contributed by atoms with Crippen LogP contribution in [0.2, 0.25) is 0 Å². The SMILES string of the molecule is O=S(=O)(c1[nH]ncc1CCl)N1CCC1. The Bertz CT molecular complexity index is 424. The molecule has 2 rings (SSSR count). The van der Waals surface area contributed by atoms with Crippen LogP contribution >= 0.6 is 11.6 Å². The quantitative estimate of drug-likeness (QED) is 0.778. The van der Waals surface area contributed by atoms with E-state index in [1.165, 1.54) is 10.5 Å². The Morgan fingerprint density at radius 2 is 2.29 bits per heavy atom. The molecule has 7 heteroatoms. The number of hydrogen-bond acceptors (Lipinski definition) is 3. The van der Waals surface area contributed by atoms with Gasteiger partial charge in [0, 0.05) is 18.7 Å². The van der Waals surface area contributed by atoms with Gasteiger partial charge in [-0.25, -0.2) is 8.42 Å².